The molecule has 41 heavy (non-hydrogen) atoms. The second kappa shape index (κ2) is 12.7. The van der Waals surface area contributed by atoms with Crippen LogP contribution in [0.5, 0.6) is 0 Å². The van der Waals surface area contributed by atoms with E-state index in [2.05, 4.69) is 25.1 Å². The molecule has 1 aliphatic carbocycles. The van der Waals surface area contributed by atoms with E-state index in [9.17, 15) is 9.59 Å². The van der Waals surface area contributed by atoms with Crippen LogP contribution in [0.2, 0.25) is 0 Å². The fourth-order valence-electron chi connectivity index (χ4n) is 5.96. The Morgan fingerprint density at radius 1 is 1.00 bits per heavy atom. The van der Waals surface area contributed by atoms with E-state index in [1.165, 1.54) is 32.1 Å². The maximum Gasteiger partial charge on any atom is 0.410 e. The van der Waals surface area contributed by atoms with Gasteiger partial charge in [0.2, 0.25) is 5.91 Å². The van der Waals surface area contributed by atoms with Crippen LogP contribution < -0.4 is 15.1 Å². The molecule has 1 N–H and O–H groups in total. The molecule has 2 atom stereocenters. The zero-order valence-corrected chi connectivity index (χ0v) is 25.1. The number of aromatic nitrogens is 2. The minimum atomic E-state index is -0.515. The predicted octanol–water partition coefficient (Wildman–Crippen LogP) is 5.83. The second-order valence-electron chi connectivity index (χ2n) is 12.9. The standard InChI is InChI=1S/C32H46N6O3/c1-23(30(39)35-25-17-28(19-33-18-25)36-14-5-6-15-36)29-13-12-26(20-34-29)37-16-8-11-27(22-37)38(21-24-9-7-10-24)31(40)41-32(2,3)4/h12-13,17-20,23-24,27H,5-11,14-16,21-22H2,1-4H3,(H,35,39)/t23?,27-/m1/s1. The largest absolute Gasteiger partial charge is 0.444 e. The lowest BCUT2D eigenvalue weighted by molar-refractivity contribution is -0.117. The summed E-state index contributed by atoms with van der Waals surface area (Å²) >= 11 is 0. The number of carbonyl (C=O) groups excluding carboxylic acids is 2. The van der Waals surface area contributed by atoms with Crippen molar-refractivity contribution >= 4 is 29.1 Å². The van der Waals surface area contributed by atoms with Gasteiger partial charge in [0.05, 0.1) is 53.3 Å². The lowest BCUT2D eigenvalue weighted by atomic mass is 9.84. The number of nitrogens with one attached hydrogen (secondary N) is 1. The lowest BCUT2D eigenvalue weighted by Crippen LogP contribution is -2.53. The number of ether oxygens (including phenoxy) is 1. The Labute approximate surface area is 244 Å². The van der Waals surface area contributed by atoms with Crippen molar-refractivity contribution < 1.29 is 14.3 Å². The van der Waals surface area contributed by atoms with Crippen LogP contribution >= 0.6 is 0 Å². The molecule has 0 aromatic carbocycles. The van der Waals surface area contributed by atoms with E-state index in [-0.39, 0.29) is 18.0 Å². The predicted molar refractivity (Wildman–Crippen MR) is 162 cm³/mol. The molecule has 9 nitrogen and oxygen atoms in total. The van der Waals surface area contributed by atoms with Crippen molar-refractivity contribution in [3.05, 3.63) is 42.5 Å². The lowest BCUT2D eigenvalue weighted by Gasteiger charge is -2.43. The van der Waals surface area contributed by atoms with E-state index < -0.39 is 11.5 Å². The molecular formula is C32H46N6O3. The van der Waals surface area contributed by atoms with Crippen molar-refractivity contribution in [3.8, 4) is 0 Å². The summed E-state index contributed by atoms with van der Waals surface area (Å²) in [5, 5.41) is 3.02. The van der Waals surface area contributed by atoms with Crippen LogP contribution in [0.25, 0.3) is 0 Å². The highest BCUT2D eigenvalue weighted by atomic mass is 16.6. The highest BCUT2D eigenvalue weighted by Gasteiger charge is 2.34. The SMILES string of the molecule is CC(C(=O)Nc1cncc(N2CCCC2)c1)c1ccc(N2CCC[C@@H](N(CC3CCC3)C(=O)OC(C)(C)C)C2)cn1. The molecule has 5 rings (SSSR count). The Morgan fingerprint density at radius 3 is 2.41 bits per heavy atom. The summed E-state index contributed by atoms with van der Waals surface area (Å²) in [6, 6.07) is 6.10. The van der Waals surface area contributed by atoms with Gasteiger partial charge in [0.15, 0.2) is 0 Å². The number of hydrogen-bond donors (Lipinski definition) is 1. The first-order chi connectivity index (χ1) is 19.7. The molecule has 222 valence electrons. The first-order valence-electron chi connectivity index (χ1n) is 15.4. The quantitative estimate of drug-likeness (QED) is 0.433. The van der Waals surface area contributed by atoms with Crippen LogP contribution in [0.3, 0.4) is 0 Å². The van der Waals surface area contributed by atoms with Gasteiger partial charge in [-0.2, -0.15) is 0 Å². The van der Waals surface area contributed by atoms with Gasteiger partial charge in [0, 0.05) is 32.7 Å². The molecule has 2 saturated heterocycles. The molecule has 2 amide bonds. The molecule has 1 saturated carbocycles. The Kier molecular flexibility index (Phi) is 9.00. The molecule has 1 unspecified atom stereocenters. The number of piperidine rings is 1. The third-order valence-corrected chi connectivity index (χ3v) is 8.58. The topological polar surface area (TPSA) is 90.9 Å². The molecule has 0 bridgehead atoms. The van der Waals surface area contributed by atoms with Gasteiger partial charge >= 0.3 is 6.09 Å². The Balaban J connectivity index is 1.21. The second-order valence-corrected chi connectivity index (χ2v) is 12.9. The molecule has 3 aliphatic rings. The first kappa shape index (κ1) is 29.1. The summed E-state index contributed by atoms with van der Waals surface area (Å²) in [4.78, 5) is 41.9. The van der Waals surface area contributed by atoms with E-state index in [1.54, 1.807) is 6.20 Å². The van der Waals surface area contributed by atoms with Crippen molar-refractivity contribution in [3.63, 3.8) is 0 Å². The highest BCUT2D eigenvalue weighted by molar-refractivity contribution is 5.95. The number of anilines is 3. The van der Waals surface area contributed by atoms with Crippen LogP contribution in [0, 0.1) is 5.92 Å². The Morgan fingerprint density at radius 2 is 1.76 bits per heavy atom. The van der Waals surface area contributed by atoms with E-state index in [0.717, 1.165) is 62.6 Å². The average Bonchev–Trinajstić information content (AvgIpc) is 3.47. The van der Waals surface area contributed by atoms with Gasteiger partial charge in [-0.3, -0.25) is 14.8 Å². The molecular weight excluding hydrogens is 516 g/mol. The molecule has 3 fully saturated rings. The van der Waals surface area contributed by atoms with Gasteiger partial charge in [-0.1, -0.05) is 6.42 Å². The summed E-state index contributed by atoms with van der Waals surface area (Å²) < 4.78 is 5.81. The highest BCUT2D eigenvalue weighted by Crippen LogP contribution is 2.31. The van der Waals surface area contributed by atoms with Crippen LogP contribution in [0.1, 0.15) is 84.3 Å². The maximum atomic E-state index is 13.2. The summed E-state index contributed by atoms with van der Waals surface area (Å²) in [7, 11) is 0. The zero-order valence-electron chi connectivity index (χ0n) is 25.1. The third kappa shape index (κ3) is 7.49. The van der Waals surface area contributed by atoms with E-state index >= 15 is 0 Å². The van der Waals surface area contributed by atoms with Gasteiger partial charge in [0.1, 0.15) is 5.60 Å². The Bertz CT molecular complexity index is 1190. The third-order valence-electron chi connectivity index (χ3n) is 8.58. The van der Waals surface area contributed by atoms with Crippen LogP contribution in [0.15, 0.2) is 36.8 Å². The van der Waals surface area contributed by atoms with Crippen molar-refractivity contribution in [2.75, 3.05) is 47.8 Å². The molecule has 2 aromatic heterocycles. The molecule has 0 spiro atoms. The van der Waals surface area contributed by atoms with Crippen molar-refractivity contribution in [2.24, 2.45) is 5.92 Å². The van der Waals surface area contributed by atoms with Crippen molar-refractivity contribution in [1.82, 2.24) is 14.9 Å². The van der Waals surface area contributed by atoms with Crippen molar-refractivity contribution in [1.29, 1.82) is 0 Å². The summed E-state index contributed by atoms with van der Waals surface area (Å²) in [6.45, 7) is 12.2. The van der Waals surface area contributed by atoms with E-state index in [4.69, 9.17) is 4.74 Å². The zero-order chi connectivity index (χ0) is 29.0. The number of rotatable bonds is 8. The van der Waals surface area contributed by atoms with Crippen LogP contribution in [0.4, 0.5) is 21.9 Å². The summed E-state index contributed by atoms with van der Waals surface area (Å²) in [5.41, 5.74) is 2.98. The number of carbonyl (C=O) groups is 2. The average molecular weight is 563 g/mol. The van der Waals surface area contributed by atoms with E-state index in [0.29, 0.717) is 11.6 Å². The monoisotopic (exact) mass is 562 g/mol. The fourth-order valence-corrected chi connectivity index (χ4v) is 5.96. The smallest absolute Gasteiger partial charge is 0.410 e. The fraction of sp³-hybridized carbons (Fsp3) is 0.625. The Hall–Kier alpha value is -3.36. The van der Waals surface area contributed by atoms with Gasteiger partial charge in [-0.25, -0.2) is 4.79 Å². The van der Waals surface area contributed by atoms with E-state index in [1.807, 2.05) is 63.2 Å². The minimum absolute atomic E-state index is 0.104. The first-order valence-corrected chi connectivity index (χ1v) is 15.4. The molecule has 0 radical (unpaired) electrons. The van der Waals surface area contributed by atoms with Gasteiger partial charge in [0.25, 0.3) is 0 Å². The maximum absolute atomic E-state index is 13.2. The molecule has 9 heteroatoms. The van der Waals surface area contributed by atoms with Crippen molar-refractivity contribution in [2.45, 2.75) is 90.2 Å². The van der Waals surface area contributed by atoms with Gasteiger partial charge in [-0.15, -0.1) is 0 Å². The summed E-state index contributed by atoms with van der Waals surface area (Å²) in [6.07, 6.45) is 13.2. The van der Waals surface area contributed by atoms with Crippen LogP contribution in [-0.4, -0.2) is 71.2 Å². The van der Waals surface area contributed by atoms with Gasteiger partial charge < -0.3 is 24.8 Å². The normalized spacial score (nSPS) is 20.3. The number of nitrogens with zero attached hydrogens (tertiary/aromatic N) is 5. The van der Waals surface area contributed by atoms with Crippen LogP contribution in [-0.2, 0) is 9.53 Å². The molecule has 2 aromatic rings. The molecule has 4 heterocycles. The molecule has 2 aliphatic heterocycles. The number of hydrogen-bond acceptors (Lipinski definition) is 7. The number of pyridine rings is 2. The summed E-state index contributed by atoms with van der Waals surface area (Å²) in [5.74, 6) is 0.0661. The number of amides is 2. The van der Waals surface area contributed by atoms with Gasteiger partial charge in [-0.05, 0) is 90.3 Å². The minimum Gasteiger partial charge on any atom is -0.444 e.